The number of anilines is 1. The molecule has 130 valence electrons. The number of hydrogen-bond acceptors (Lipinski definition) is 4. The van der Waals surface area contributed by atoms with Crippen molar-refractivity contribution < 1.29 is 18.0 Å². The molecular weight excluding hydrogens is 364 g/mol. The van der Waals surface area contributed by atoms with Crippen LogP contribution in [0.1, 0.15) is 12.5 Å². The maximum atomic E-state index is 12.4. The number of sulfonamides is 1. The predicted octanol–water partition coefficient (Wildman–Crippen LogP) is 2.60. The molecule has 8 heteroatoms. The van der Waals surface area contributed by atoms with Gasteiger partial charge < -0.3 is 5.32 Å². The van der Waals surface area contributed by atoms with E-state index in [1.54, 1.807) is 24.3 Å². The zero-order valence-corrected chi connectivity index (χ0v) is 14.8. The number of nitrogens with two attached hydrogens (primary N) is 1. The number of amides is 1. The Morgan fingerprint density at radius 1 is 1.08 bits per heavy atom. The Labute approximate surface area is 150 Å². The Bertz CT molecular complexity index is 951. The van der Waals surface area contributed by atoms with Gasteiger partial charge in [-0.3, -0.25) is 9.59 Å². The molecule has 2 rings (SSSR count). The standard InChI is InChI=1S/C17H15ClN2O4S/c1-11(21)15(10-12-4-2-3-5-16(12)18)17(22)20-13-6-8-14(9-7-13)25(19,23)24/h2-10H,1H3,(H,20,22)(H2,19,23,24)/b15-10+. The van der Waals surface area contributed by atoms with Gasteiger partial charge >= 0.3 is 0 Å². The van der Waals surface area contributed by atoms with Gasteiger partial charge in [-0.2, -0.15) is 0 Å². The molecule has 25 heavy (non-hydrogen) atoms. The molecule has 0 fully saturated rings. The van der Waals surface area contributed by atoms with E-state index in [0.717, 1.165) is 0 Å². The number of nitrogens with one attached hydrogen (secondary N) is 1. The molecule has 0 unspecified atom stereocenters. The van der Waals surface area contributed by atoms with Crippen molar-refractivity contribution in [3.63, 3.8) is 0 Å². The summed E-state index contributed by atoms with van der Waals surface area (Å²) in [6, 6.07) is 12.1. The van der Waals surface area contributed by atoms with Crippen molar-refractivity contribution in [2.24, 2.45) is 5.14 Å². The predicted molar refractivity (Wildman–Crippen MR) is 96.6 cm³/mol. The van der Waals surface area contributed by atoms with Gasteiger partial charge in [0.15, 0.2) is 5.78 Å². The molecule has 2 aromatic carbocycles. The first-order valence-corrected chi connectivity index (χ1v) is 9.02. The number of Topliss-reactive ketones (excluding diaryl/α,β-unsaturated/α-hetero) is 1. The van der Waals surface area contributed by atoms with Crippen LogP contribution < -0.4 is 10.5 Å². The molecule has 0 heterocycles. The van der Waals surface area contributed by atoms with E-state index in [2.05, 4.69) is 5.32 Å². The molecule has 0 aliphatic heterocycles. The number of halogens is 1. The molecule has 0 atom stereocenters. The van der Waals surface area contributed by atoms with Crippen molar-refractivity contribution in [3.05, 3.63) is 64.7 Å². The van der Waals surface area contributed by atoms with E-state index in [1.165, 1.54) is 37.3 Å². The lowest BCUT2D eigenvalue weighted by Gasteiger charge is -2.08. The Morgan fingerprint density at radius 3 is 2.20 bits per heavy atom. The summed E-state index contributed by atoms with van der Waals surface area (Å²) >= 11 is 6.04. The lowest BCUT2D eigenvalue weighted by Crippen LogP contribution is -2.19. The Balaban J connectivity index is 2.27. The number of ketones is 1. The summed E-state index contributed by atoms with van der Waals surface area (Å²) in [7, 11) is -3.82. The van der Waals surface area contributed by atoms with E-state index < -0.39 is 21.7 Å². The molecule has 0 saturated carbocycles. The van der Waals surface area contributed by atoms with E-state index in [0.29, 0.717) is 16.3 Å². The van der Waals surface area contributed by atoms with Crippen LogP contribution in [0.3, 0.4) is 0 Å². The fraction of sp³-hybridized carbons (Fsp3) is 0.0588. The highest BCUT2D eigenvalue weighted by atomic mass is 35.5. The maximum absolute atomic E-state index is 12.4. The van der Waals surface area contributed by atoms with Gasteiger partial charge in [0.05, 0.1) is 10.5 Å². The largest absolute Gasteiger partial charge is 0.322 e. The van der Waals surface area contributed by atoms with Crippen LogP contribution in [0.25, 0.3) is 6.08 Å². The summed E-state index contributed by atoms with van der Waals surface area (Å²) in [6.45, 7) is 1.27. The van der Waals surface area contributed by atoms with Gasteiger partial charge in [0.25, 0.3) is 5.91 Å². The molecule has 0 bridgehead atoms. The van der Waals surface area contributed by atoms with Crippen LogP contribution in [-0.2, 0) is 19.6 Å². The minimum atomic E-state index is -3.82. The molecule has 0 aliphatic carbocycles. The van der Waals surface area contributed by atoms with E-state index >= 15 is 0 Å². The quantitative estimate of drug-likeness (QED) is 0.473. The monoisotopic (exact) mass is 378 g/mol. The van der Waals surface area contributed by atoms with E-state index in [1.807, 2.05) is 0 Å². The second-order valence-electron chi connectivity index (χ2n) is 5.16. The highest BCUT2D eigenvalue weighted by molar-refractivity contribution is 7.89. The Kier molecular flexibility index (Phi) is 5.73. The van der Waals surface area contributed by atoms with Gasteiger partial charge in [0.1, 0.15) is 0 Å². The third kappa shape index (κ3) is 4.99. The molecule has 0 saturated heterocycles. The fourth-order valence-electron chi connectivity index (χ4n) is 2.00. The minimum Gasteiger partial charge on any atom is -0.322 e. The number of carbonyl (C=O) groups excluding carboxylic acids is 2. The first-order chi connectivity index (χ1) is 11.7. The first kappa shape index (κ1) is 18.9. The molecule has 6 nitrogen and oxygen atoms in total. The molecule has 0 radical (unpaired) electrons. The van der Waals surface area contributed by atoms with E-state index in [-0.39, 0.29) is 10.5 Å². The number of carbonyl (C=O) groups is 2. The third-order valence-electron chi connectivity index (χ3n) is 3.27. The fourth-order valence-corrected chi connectivity index (χ4v) is 2.71. The maximum Gasteiger partial charge on any atom is 0.259 e. The second-order valence-corrected chi connectivity index (χ2v) is 7.13. The van der Waals surface area contributed by atoms with Crippen LogP contribution in [0.15, 0.2) is 59.0 Å². The van der Waals surface area contributed by atoms with Crippen LogP contribution >= 0.6 is 11.6 Å². The summed E-state index contributed by atoms with van der Waals surface area (Å²) in [5.74, 6) is -1.06. The topological polar surface area (TPSA) is 106 Å². The minimum absolute atomic E-state index is 0.0797. The molecule has 0 aliphatic rings. The van der Waals surface area contributed by atoms with Gasteiger partial charge in [-0.05, 0) is 48.9 Å². The Morgan fingerprint density at radius 2 is 1.68 bits per heavy atom. The van der Waals surface area contributed by atoms with Gasteiger partial charge in [-0.25, -0.2) is 13.6 Å². The Hall–Kier alpha value is -2.48. The first-order valence-electron chi connectivity index (χ1n) is 7.10. The van der Waals surface area contributed by atoms with Crippen molar-refractivity contribution in [2.75, 3.05) is 5.32 Å². The van der Waals surface area contributed by atoms with Crippen LogP contribution in [-0.4, -0.2) is 20.1 Å². The van der Waals surface area contributed by atoms with Gasteiger partial charge in [0, 0.05) is 10.7 Å². The molecule has 2 aromatic rings. The third-order valence-corrected chi connectivity index (χ3v) is 4.54. The van der Waals surface area contributed by atoms with Gasteiger partial charge in [-0.15, -0.1) is 0 Å². The highest BCUT2D eigenvalue weighted by Crippen LogP contribution is 2.20. The molecule has 1 amide bonds. The van der Waals surface area contributed by atoms with Crippen LogP contribution in [0.5, 0.6) is 0 Å². The van der Waals surface area contributed by atoms with Crippen molar-refractivity contribution >= 4 is 45.1 Å². The zero-order valence-electron chi connectivity index (χ0n) is 13.2. The number of primary sulfonamides is 1. The number of hydrogen-bond donors (Lipinski definition) is 2. The average molecular weight is 379 g/mol. The van der Waals surface area contributed by atoms with Crippen LogP contribution in [0.2, 0.25) is 5.02 Å². The van der Waals surface area contributed by atoms with Gasteiger partial charge in [0.2, 0.25) is 10.0 Å². The number of rotatable bonds is 5. The average Bonchev–Trinajstić information content (AvgIpc) is 2.53. The molecule has 0 spiro atoms. The smallest absolute Gasteiger partial charge is 0.259 e. The SMILES string of the molecule is CC(=O)/C(=C\c1ccccc1Cl)C(=O)Nc1ccc(S(N)(=O)=O)cc1. The normalized spacial score (nSPS) is 11.9. The van der Waals surface area contributed by atoms with E-state index in [9.17, 15) is 18.0 Å². The summed E-state index contributed by atoms with van der Waals surface area (Å²) < 4.78 is 22.4. The van der Waals surface area contributed by atoms with E-state index in [4.69, 9.17) is 16.7 Å². The second kappa shape index (κ2) is 7.60. The van der Waals surface area contributed by atoms with Crippen molar-refractivity contribution in [1.82, 2.24) is 0 Å². The summed E-state index contributed by atoms with van der Waals surface area (Å²) in [5.41, 5.74) is 0.779. The highest BCUT2D eigenvalue weighted by Gasteiger charge is 2.16. The molecular formula is C17H15ClN2O4S. The van der Waals surface area contributed by atoms with Crippen molar-refractivity contribution in [2.45, 2.75) is 11.8 Å². The van der Waals surface area contributed by atoms with Crippen LogP contribution in [0, 0.1) is 0 Å². The summed E-state index contributed by atoms with van der Waals surface area (Å²) in [4.78, 5) is 24.1. The molecule has 0 aromatic heterocycles. The number of benzene rings is 2. The summed E-state index contributed by atoms with van der Waals surface area (Å²) in [5, 5.41) is 7.96. The lowest BCUT2D eigenvalue weighted by atomic mass is 10.1. The van der Waals surface area contributed by atoms with Crippen molar-refractivity contribution in [1.29, 1.82) is 0 Å². The summed E-state index contributed by atoms with van der Waals surface area (Å²) in [6.07, 6.45) is 1.40. The van der Waals surface area contributed by atoms with Gasteiger partial charge in [-0.1, -0.05) is 29.8 Å². The van der Waals surface area contributed by atoms with Crippen molar-refractivity contribution in [3.8, 4) is 0 Å². The van der Waals surface area contributed by atoms with Crippen LogP contribution in [0.4, 0.5) is 5.69 Å². The molecule has 3 N–H and O–H groups in total. The zero-order chi connectivity index (χ0) is 18.6. The lowest BCUT2D eigenvalue weighted by molar-refractivity contribution is -0.118.